The molecule has 0 aliphatic rings. The lowest BCUT2D eigenvalue weighted by atomic mass is 10.3. The minimum absolute atomic E-state index is 0.0424. The highest BCUT2D eigenvalue weighted by molar-refractivity contribution is 14.1. The lowest BCUT2D eigenvalue weighted by molar-refractivity contribution is 0.508. The van der Waals surface area contributed by atoms with Crippen LogP contribution in [0, 0.1) is 37.8 Å². The van der Waals surface area contributed by atoms with Gasteiger partial charge in [-0.05, 0) is 22.6 Å². The van der Waals surface area contributed by atoms with Crippen LogP contribution in [0.25, 0.3) is 19.5 Å². The normalized spacial score (nSPS) is 12.2. The quantitative estimate of drug-likeness (QED) is 0.183. The van der Waals surface area contributed by atoms with Crippen LogP contribution in [0.2, 0.25) is 19.6 Å². The third kappa shape index (κ3) is 3.19. The van der Waals surface area contributed by atoms with Crippen LogP contribution in [0.15, 0.2) is 0 Å². The van der Waals surface area contributed by atoms with Crippen molar-refractivity contribution in [2.45, 2.75) is 19.6 Å². The SMILES string of the molecule is C[Si](C)(C)c1sc(-c2sc(-c3sc(I)c(F)c3F)c(F)c2F)c(F)c1F. The van der Waals surface area contributed by atoms with Gasteiger partial charge in [0.1, 0.15) is 2.88 Å². The first-order chi connectivity index (χ1) is 11.9. The average Bonchev–Trinajstić information content (AvgIpc) is 3.10. The molecule has 0 N–H and O–H groups in total. The Morgan fingerprint density at radius 1 is 0.577 bits per heavy atom. The molecule has 0 bridgehead atoms. The maximum Gasteiger partial charge on any atom is 0.183 e. The van der Waals surface area contributed by atoms with Crippen molar-refractivity contribution in [1.82, 2.24) is 0 Å². The molecule has 3 aromatic heterocycles. The van der Waals surface area contributed by atoms with E-state index in [-0.39, 0.29) is 12.3 Å². The Morgan fingerprint density at radius 2 is 0.962 bits per heavy atom. The molecule has 3 aromatic rings. The van der Waals surface area contributed by atoms with Crippen LogP contribution >= 0.6 is 56.6 Å². The maximum atomic E-state index is 14.4. The Labute approximate surface area is 171 Å². The first-order valence-electron chi connectivity index (χ1n) is 7.05. The fourth-order valence-electron chi connectivity index (χ4n) is 2.21. The third-order valence-corrected chi connectivity index (χ3v) is 11.7. The molecule has 0 unspecified atom stereocenters. The summed E-state index contributed by atoms with van der Waals surface area (Å²) in [6.07, 6.45) is 0. The molecule has 11 heteroatoms. The van der Waals surface area contributed by atoms with Gasteiger partial charge in [-0.25, -0.2) is 26.3 Å². The van der Waals surface area contributed by atoms with E-state index in [4.69, 9.17) is 0 Å². The molecule has 0 aromatic carbocycles. The van der Waals surface area contributed by atoms with E-state index < -0.39 is 57.6 Å². The van der Waals surface area contributed by atoms with E-state index in [0.717, 1.165) is 11.3 Å². The molecular weight excluding hydrogens is 545 g/mol. The molecule has 3 heterocycles. The predicted molar refractivity (Wildman–Crippen MR) is 106 cm³/mol. The summed E-state index contributed by atoms with van der Waals surface area (Å²) in [6, 6.07) is 0. The van der Waals surface area contributed by atoms with Crippen molar-refractivity contribution in [2.24, 2.45) is 0 Å². The average molecular weight is 554 g/mol. The van der Waals surface area contributed by atoms with Gasteiger partial charge in [0.2, 0.25) is 0 Å². The predicted octanol–water partition coefficient (Wildman–Crippen LogP) is 7.19. The third-order valence-electron chi connectivity index (χ3n) is 3.44. The zero-order valence-electron chi connectivity index (χ0n) is 13.4. The van der Waals surface area contributed by atoms with E-state index in [1.165, 1.54) is 0 Å². The van der Waals surface area contributed by atoms with Gasteiger partial charge in [-0.1, -0.05) is 19.6 Å². The van der Waals surface area contributed by atoms with Gasteiger partial charge in [0.15, 0.2) is 34.9 Å². The van der Waals surface area contributed by atoms with E-state index in [9.17, 15) is 26.3 Å². The smallest absolute Gasteiger partial charge is 0.183 e. The summed E-state index contributed by atoms with van der Waals surface area (Å²) in [5, 5.41) is 0. The van der Waals surface area contributed by atoms with Gasteiger partial charge in [-0.2, -0.15) is 0 Å². The van der Waals surface area contributed by atoms with E-state index in [1.807, 2.05) is 0 Å². The van der Waals surface area contributed by atoms with E-state index in [1.54, 1.807) is 42.2 Å². The molecule has 0 atom stereocenters. The monoisotopic (exact) mass is 554 g/mol. The van der Waals surface area contributed by atoms with Crippen molar-refractivity contribution in [1.29, 1.82) is 0 Å². The van der Waals surface area contributed by atoms with Gasteiger partial charge in [0.25, 0.3) is 0 Å². The molecule has 0 spiro atoms. The Morgan fingerprint density at radius 3 is 1.35 bits per heavy atom. The van der Waals surface area contributed by atoms with Crippen LogP contribution in [0.4, 0.5) is 26.3 Å². The summed E-state index contributed by atoms with van der Waals surface area (Å²) in [7, 11) is -2.24. The lowest BCUT2D eigenvalue weighted by Crippen LogP contribution is -2.37. The van der Waals surface area contributed by atoms with Gasteiger partial charge in [-0.15, -0.1) is 34.0 Å². The molecule has 140 valence electrons. The molecular formula is C15H9F6IS3Si. The molecule has 0 fully saturated rings. The highest BCUT2D eigenvalue weighted by Crippen LogP contribution is 2.46. The zero-order valence-corrected chi connectivity index (χ0v) is 19.0. The van der Waals surface area contributed by atoms with Crippen LogP contribution in [0.1, 0.15) is 0 Å². The van der Waals surface area contributed by atoms with Crippen molar-refractivity contribution >= 4 is 69.2 Å². The van der Waals surface area contributed by atoms with Crippen molar-refractivity contribution < 1.29 is 26.3 Å². The second-order valence-corrected chi connectivity index (χ2v) is 16.6. The minimum Gasteiger partial charge on any atom is -0.203 e. The summed E-state index contributed by atoms with van der Waals surface area (Å²) >= 11 is 3.36. The number of hydrogen-bond donors (Lipinski definition) is 0. The van der Waals surface area contributed by atoms with Crippen LogP contribution in [-0.4, -0.2) is 8.07 Å². The van der Waals surface area contributed by atoms with Crippen molar-refractivity contribution in [3.8, 4) is 19.5 Å². The van der Waals surface area contributed by atoms with Gasteiger partial charge < -0.3 is 0 Å². The number of halogens is 7. The molecule has 0 radical (unpaired) electrons. The zero-order chi connectivity index (χ0) is 19.5. The fourth-order valence-corrected chi connectivity index (χ4v) is 8.30. The Bertz CT molecular complexity index is 1010. The molecule has 0 saturated carbocycles. The van der Waals surface area contributed by atoms with Crippen molar-refractivity contribution in [3.63, 3.8) is 0 Å². The highest BCUT2D eigenvalue weighted by Gasteiger charge is 2.33. The molecule has 0 aliphatic carbocycles. The second kappa shape index (κ2) is 6.90. The van der Waals surface area contributed by atoms with E-state index >= 15 is 0 Å². The Hall–Kier alpha value is -0.373. The maximum absolute atomic E-state index is 14.4. The lowest BCUT2D eigenvalue weighted by Gasteiger charge is -2.12. The standard InChI is InChI=1S/C15H9F6IS3Si/c1-26(2,3)15-9(21)7(19)13(25-15)11-5(17)4(16)10(23-11)12-6(18)8(20)14(22)24-12/h1-3H3. The summed E-state index contributed by atoms with van der Waals surface area (Å²) < 4.78 is 85.0. The largest absolute Gasteiger partial charge is 0.203 e. The molecule has 0 aliphatic heterocycles. The van der Waals surface area contributed by atoms with Gasteiger partial charge >= 0.3 is 0 Å². The van der Waals surface area contributed by atoms with Crippen molar-refractivity contribution in [2.75, 3.05) is 0 Å². The van der Waals surface area contributed by atoms with Crippen LogP contribution in [-0.2, 0) is 0 Å². The molecule has 0 saturated heterocycles. The number of rotatable bonds is 3. The van der Waals surface area contributed by atoms with Crippen molar-refractivity contribution in [3.05, 3.63) is 37.8 Å². The fraction of sp³-hybridized carbons (Fsp3) is 0.200. The number of hydrogen-bond acceptors (Lipinski definition) is 3. The molecule has 0 amide bonds. The summed E-state index contributed by atoms with van der Waals surface area (Å²) in [5.74, 6) is -7.52. The minimum atomic E-state index is -2.24. The number of thiophene rings is 3. The van der Waals surface area contributed by atoms with Gasteiger partial charge in [0.05, 0.1) is 27.6 Å². The highest BCUT2D eigenvalue weighted by atomic mass is 127. The molecule has 3 rings (SSSR count). The Kier molecular flexibility index (Phi) is 5.41. The summed E-state index contributed by atoms with van der Waals surface area (Å²) in [6.45, 7) is 5.40. The summed E-state index contributed by atoms with van der Waals surface area (Å²) in [4.78, 5) is -1.68. The second-order valence-electron chi connectivity index (χ2n) is 6.36. The van der Waals surface area contributed by atoms with Crippen LogP contribution in [0.3, 0.4) is 0 Å². The Balaban J connectivity index is 2.22. The first kappa shape index (κ1) is 20.4. The van der Waals surface area contributed by atoms with E-state index in [2.05, 4.69) is 0 Å². The van der Waals surface area contributed by atoms with Crippen LogP contribution < -0.4 is 4.50 Å². The molecule has 26 heavy (non-hydrogen) atoms. The first-order valence-corrected chi connectivity index (χ1v) is 14.1. The van der Waals surface area contributed by atoms with Gasteiger partial charge in [-0.3, -0.25) is 0 Å². The van der Waals surface area contributed by atoms with Gasteiger partial charge in [0, 0.05) is 4.50 Å². The van der Waals surface area contributed by atoms with E-state index in [0.29, 0.717) is 22.7 Å². The molecule has 0 nitrogen and oxygen atoms in total. The summed E-state index contributed by atoms with van der Waals surface area (Å²) in [5.41, 5.74) is 0. The van der Waals surface area contributed by atoms with Crippen LogP contribution in [0.5, 0.6) is 0 Å². The topological polar surface area (TPSA) is 0 Å².